The fourth-order valence-electron chi connectivity index (χ4n) is 3.70. The summed E-state index contributed by atoms with van der Waals surface area (Å²) in [4.78, 5) is 25.3. The zero-order valence-electron chi connectivity index (χ0n) is 14.6. The molecule has 2 aromatic rings. The minimum Gasteiger partial charge on any atom is -0.477 e. The maximum absolute atomic E-state index is 15.5. The number of benzene rings is 1. The van der Waals surface area contributed by atoms with Gasteiger partial charge in [0.25, 0.3) is 0 Å². The lowest BCUT2D eigenvalue weighted by Gasteiger charge is -2.24. The number of nitrogen functional groups attached to an aromatic ring is 1. The highest BCUT2D eigenvalue weighted by Gasteiger charge is 2.37. The van der Waals surface area contributed by atoms with Gasteiger partial charge in [-0.05, 0) is 12.8 Å². The Kier molecular flexibility index (Phi) is 4.23. The molecule has 0 bridgehead atoms. The molecule has 1 saturated carbocycles. The van der Waals surface area contributed by atoms with Crippen LogP contribution in [-0.2, 0) is 0 Å². The van der Waals surface area contributed by atoms with E-state index >= 15 is 8.78 Å². The molecule has 0 amide bonds. The summed E-state index contributed by atoms with van der Waals surface area (Å²) in [7, 11) is 0. The number of hydrogen-bond donors (Lipinski definition) is 4. The van der Waals surface area contributed by atoms with Crippen molar-refractivity contribution in [3.05, 3.63) is 33.6 Å². The summed E-state index contributed by atoms with van der Waals surface area (Å²) in [5, 5.41) is 8.83. The lowest BCUT2D eigenvalue weighted by molar-refractivity contribution is 0.0695. The van der Waals surface area contributed by atoms with E-state index in [2.05, 4.69) is 0 Å². The average Bonchev–Trinajstić information content (AvgIpc) is 3.42. The minimum atomic E-state index is -1.51. The number of nitrogens with zero attached hydrogens (tertiary/aromatic N) is 2. The third-order valence-corrected chi connectivity index (χ3v) is 5.25. The summed E-state index contributed by atoms with van der Waals surface area (Å²) in [6.07, 6.45) is 0.887. The molecule has 11 heteroatoms. The highest BCUT2D eigenvalue weighted by Crippen LogP contribution is 2.42. The first-order valence-electron chi connectivity index (χ1n) is 8.70. The van der Waals surface area contributed by atoms with Crippen LogP contribution in [0.25, 0.3) is 10.9 Å². The molecule has 1 aromatic heterocycles. The molecule has 1 aliphatic carbocycles. The van der Waals surface area contributed by atoms with Crippen molar-refractivity contribution < 1.29 is 23.1 Å². The first-order chi connectivity index (χ1) is 13.3. The molecule has 150 valence electrons. The lowest BCUT2D eigenvalue weighted by Crippen LogP contribution is -2.31. The SMILES string of the molecule is NNc1c(F)c(N2C[C@@H](N)[C@@H](F)C2)c(F)c2c1c(=O)c(C(=O)O)cn2C1CC1. The number of alkyl halides is 1. The van der Waals surface area contributed by atoms with E-state index in [9.17, 15) is 19.1 Å². The second-order valence-corrected chi connectivity index (χ2v) is 7.12. The number of anilines is 2. The number of nitrogens with one attached hydrogen (secondary N) is 1. The van der Waals surface area contributed by atoms with Crippen LogP contribution >= 0.6 is 0 Å². The Hall–Kier alpha value is -2.79. The summed E-state index contributed by atoms with van der Waals surface area (Å²) in [6.45, 7) is -0.434. The average molecular weight is 397 g/mol. The van der Waals surface area contributed by atoms with E-state index in [1.54, 1.807) is 0 Å². The number of aromatic carboxylic acids is 1. The zero-order chi connectivity index (χ0) is 20.3. The molecule has 8 nitrogen and oxygen atoms in total. The van der Waals surface area contributed by atoms with E-state index in [1.807, 2.05) is 5.43 Å². The maximum atomic E-state index is 15.5. The predicted molar refractivity (Wildman–Crippen MR) is 96.2 cm³/mol. The molecular formula is C17H18F3N5O3. The largest absolute Gasteiger partial charge is 0.477 e. The number of halogens is 3. The number of carboxylic acids is 1. The van der Waals surface area contributed by atoms with Gasteiger partial charge in [-0.2, -0.15) is 0 Å². The van der Waals surface area contributed by atoms with Gasteiger partial charge in [-0.3, -0.25) is 10.6 Å². The van der Waals surface area contributed by atoms with Gasteiger partial charge in [0.2, 0.25) is 5.43 Å². The van der Waals surface area contributed by atoms with Gasteiger partial charge in [-0.15, -0.1) is 0 Å². The van der Waals surface area contributed by atoms with Crippen molar-refractivity contribution in [3.63, 3.8) is 0 Å². The first kappa shape index (κ1) is 18.6. The number of rotatable bonds is 4. The number of hydrazine groups is 1. The van der Waals surface area contributed by atoms with Crippen LogP contribution in [0.5, 0.6) is 0 Å². The van der Waals surface area contributed by atoms with Crippen molar-refractivity contribution >= 4 is 28.2 Å². The Morgan fingerprint density at radius 3 is 2.43 bits per heavy atom. The summed E-state index contributed by atoms with van der Waals surface area (Å²) < 4.78 is 45.8. The Balaban J connectivity index is 2.10. The van der Waals surface area contributed by atoms with Crippen LogP contribution in [-0.4, -0.2) is 40.9 Å². The van der Waals surface area contributed by atoms with Crippen molar-refractivity contribution in [2.24, 2.45) is 11.6 Å². The van der Waals surface area contributed by atoms with Crippen molar-refractivity contribution in [3.8, 4) is 0 Å². The summed E-state index contributed by atoms with van der Waals surface area (Å²) in [5.41, 5.74) is 4.65. The number of nitrogens with two attached hydrogens (primary N) is 2. The van der Waals surface area contributed by atoms with E-state index in [0.29, 0.717) is 12.8 Å². The molecular weight excluding hydrogens is 379 g/mol. The highest BCUT2D eigenvalue weighted by atomic mass is 19.1. The summed E-state index contributed by atoms with van der Waals surface area (Å²) in [5.74, 6) is 1.61. The number of hydrogen-bond acceptors (Lipinski definition) is 6. The standard InChI is InChI=1S/C17H18F3N5O3/c18-8-4-24(5-9(8)21)15-11(19)13(23-22)10-14(12(15)20)25(6-1-2-6)3-7(16(10)26)17(27)28/h3,6,8-9,23H,1-2,4-5,21-22H2,(H,27,28)/t8-,9+/m0/s1. The maximum Gasteiger partial charge on any atom is 0.341 e. The topological polar surface area (TPSA) is 127 Å². The third kappa shape index (κ3) is 2.61. The zero-order valence-corrected chi connectivity index (χ0v) is 14.6. The van der Waals surface area contributed by atoms with Crippen LogP contribution < -0.4 is 27.3 Å². The molecule has 0 radical (unpaired) electrons. The monoisotopic (exact) mass is 397 g/mol. The van der Waals surface area contributed by atoms with E-state index in [4.69, 9.17) is 11.6 Å². The first-order valence-corrected chi connectivity index (χ1v) is 8.70. The number of aromatic nitrogens is 1. The Morgan fingerprint density at radius 1 is 1.25 bits per heavy atom. The van der Waals surface area contributed by atoms with E-state index < -0.39 is 57.6 Å². The van der Waals surface area contributed by atoms with Crippen LogP contribution in [0.1, 0.15) is 29.2 Å². The van der Waals surface area contributed by atoms with Crippen molar-refractivity contribution in [1.29, 1.82) is 0 Å². The second kappa shape index (κ2) is 6.38. The van der Waals surface area contributed by atoms with Gasteiger partial charge in [-0.1, -0.05) is 0 Å². The highest BCUT2D eigenvalue weighted by molar-refractivity contribution is 6.00. The Morgan fingerprint density at radius 2 is 1.93 bits per heavy atom. The molecule has 2 fully saturated rings. The molecule has 6 N–H and O–H groups in total. The van der Waals surface area contributed by atoms with Crippen LogP contribution in [0.3, 0.4) is 0 Å². The van der Waals surface area contributed by atoms with Crippen molar-refractivity contribution in [1.82, 2.24) is 4.57 Å². The van der Waals surface area contributed by atoms with Gasteiger partial charge in [-0.25, -0.2) is 18.0 Å². The molecule has 1 aromatic carbocycles. The van der Waals surface area contributed by atoms with Crippen molar-refractivity contribution in [2.45, 2.75) is 31.1 Å². The van der Waals surface area contributed by atoms with Gasteiger partial charge >= 0.3 is 5.97 Å². The quantitative estimate of drug-likeness (QED) is 0.449. The molecule has 1 aliphatic heterocycles. The van der Waals surface area contributed by atoms with Gasteiger partial charge < -0.3 is 25.7 Å². The minimum absolute atomic E-state index is 0.120. The number of carboxylic acid groups (broad SMARTS) is 1. The molecule has 2 aliphatic rings. The van der Waals surface area contributed by atoms with Crippen LogP contribution in [0.15, 0.2) is 11.0 Å². The van der Waals surface area contributed by atoms with E-state index in [0.717, 1.165) is 11.1 Å². The Labute approximate surface area is 156 Å². The summed E-state index contributed by atoms with van der Waals surface area (Å²) in [6, 6.07) is -1.14. The molecule has 0 unspecified atom stereocenters. The number of carbonyl (C=O) groups is 1. The van der Waals surface area contributed by atoms with E-state index in [1.165, 1.54) is 4.57 Å². The molecule has 4 rings (SSSR count). The van der Waals surface area contributed by atoms with E-state index in [-0.39, 0.29) is 24.6 Å². The Bertz CT molecular complexity index is 1040. The van der Waals surface area contributed by atoms with Crippen LogP contribution in [0.4, 0.5) is 24.5 Å². The molecule has 1 saturated heterocycles. The van der Waals surface area contributed by atoms with Gasteiger partial charge in [0.05, 0.1) is 23.5 Å². The smallest absolute Gasteiger partial charge is 0.341 e. The molecule has 2 heterocycles. The number of fused-ring (bicyclic) bond motifs is 1. The van der Waals surface area contributed by atoms with Gasteiger partial charge in [0, 0.05) is 18.8 Å². The van der Waals surface area contributed by atoms with Gasteiger partial charge in [0.15, 0.2) is 11.6 Å². The van der Waals surface area contributed by atoms with Crippen LogP contribution in [0.2, 0.25) is 0 Å². The van der Waals surface area contributed by atoms with Gasteiger partial charge in [0.1, 0.15) is 23.1 Å². The van der Waals surface area contributed by atoms with Crippen molar-refractivity contribution in [2.75, 3.05) is 23.4 Å². The fourth-order valence-corrected chi connectivity index (χ4v) is 3.70. The molecule has 2 atom stereocenters. The summed E-state index contributed by atoms with van der Waals surface area (Å²) >= 11 is 0. The number of pyridine rings is 1. The van der Waals surface area contributed by atoms with Crippen LogP contribution in [0, 0.1) is 11.6 Å². The predicted octanol–water partition coefficient (Wildman–Crippen LogP) is 1.08. The molecule has 0 spiro atoms. The third-order valence-electron chi connectivity index (χ3n) is 5.25. The normalized spacial score (nSPS) is 22.1. The second-order valence-electron chi connectivity index (χ2n) is 7.12. The fraction of sp³-hybridized carbons (Fsp3) is 0.412. The molecule has 28 heavy (non-hydrogen) atoms. The lowest BCUT2D eigenvalue weighted by atomic mass is 10.1.